The third-order valence-corrected chi connectivity index (χ3v) is 3.37. The Morgan fingerprint density at radius 3 is 2.84 bits per heavy atom. The van der Waals surface area contributed by atoms with Crippen molar-refractivity contribution in [2.45, 2.75) is 25.6 Å². The van der Waals surface area contributed by atoms with Crippen molar-refractivity contribution in [1.82, 2.24) is 0 Å². The molecular weight excluding hydrogens is 266 g/mol. The zero-order valence-corrected chi connectivity index (χ0v) is 11.5. The summed E-state index contributed by atoms with van der Waals surface area (Å²) in [5, 5.41) is 2.96. The Balaban J connectivity index is 2.37. The van der Waals surface area contributed by atoms with Crippen LogP contribution in [0.4, 0.5) is 5.69 Å². The number of anilines is 1. The molecule has 0 saturated heterocycles. The molecule has 0 aliphatic heterocycles. The van der Waals surface area contributed by atoms with Crippen molar-refractivity contribution in [2.24, 2.45) is 0 Å². The molecule has 0 aliphatic rings. The van der Waals surface area contributed by atoms with Gasteiger partial charge in [-0.15, -0.1) is 11.6 Å². The van der Waals surface area contributed by atoms with Crippen LogP contribution in [-0.2, 0) is 4.79 Å². The highest BCUT2D eigenvalue weighted by Gasteiger charge is 2.13. The van der Waals surface area contributed by atoms with E-state index < -0.39 is 11.0 Å². The third kappa shape index (κ3) is 2.96. The Morgan fingerprint density at radius 2 is 2.16 bits per heavy atom. The van der Waals surface area contributed by atoms with E-state index in [1.165, 1.54) is 6.07 Å². The van der Waals surface area contributed by atoms with E-state index in [-0.39, 0.29) is 5.91 Å². The van der Waals surface area contributed by atoms with Gasteiger partial charge in [0.2, 0.25) is 5.91 Å². The number of rotatable bonds is 3. The molecule has 0 fully saturated rings. The van der Waals surface area contributed by atoms with Crippen molar-refractivity contribution in [3.8, 4) is 0 Å². The van der Waals surface area contributed by atoms with Gasteiger partial charge >= 0.3 is 5.63 Å². The molecule has 1 atom stereocenters. The Morgan fingerprint density at radius 1 is 1.42 bits per heavy atom. The van der Waals surface area contributed by atoms with Gasteiger partial charge in [0.05, 0.1) is 0 Å². The molecule has 1 amide bonds. The van der Waals surface area contributed by atoms with Crippen LogP contribution in [0.15, 0.2) is 33.5 Å². The first kappa shape index (κ1) is 13.6. The fourth-order valence-electron chi connectivity index (χ4n) is 1.81. The fourth-order valence-corrected chi connectivity index (χ4v) is 1.86. The maximum atomic E-state index is 11.7. The first-order valence-electron chi connectivity index (χ1n) is 6.00. The largest absolute Gasteiger partial charge is 0.423 e. The Kier molecular flexibility index (Phi) is 3.90. The highest BCUT2D eigenvalue weighted by atomic mass is 35.5. The molecule has 1 aromatic heterocycles. The first-order valence-corrected chi connectivity index (χ1v) is 6.44. The standard InChI is InChI=1S/C14H14ClNO3/c1-3-11(15)14(18)16-9-4-5-10-8(2)6-13(17)19-12(10)7-9/h4-7,11H,3H2,1-2H3,(H,16,18). The number of aryl methyl sites for hydroxylation is 1. The summed E-state index contributed by atoms with van der Waals surface area (Å²) in [6.07, 6.45) is 0.551. The Hall–Kier alpha value is -1.81. The number of amides is 1. The maximum Gasteiger partial charge on any atom is 0.336 e. The summed E-state index contributed by atoms with van der Waals surface area (Å²) in [6, 6.07) is 6.62. The van der Waals surface area contributed by atoms with Gasteiger partial charge in [-0.3, -0.25) is 4.79 Å². The number of benzene rings is 1. The molecule has 1 unspecified atom stereocenters. The normalized spacial score (nSPS) is 12.4. The van der Waals surface area contributed by atoms with Gasteiger partial charge in [-0.2, -0.15) is 0 Å². The van der Waals surface area contributed by atoms with E-state index in [4.69, 9.17) is 16.0 Å². The molecule has 0 saturated carbocycles. The van der Waals surface area contributed by atoms with E-state index in [9.17, 15) is 9.59 Å². The Bertz CT molecular complexity index is 678. The molecule has 0 bridgehead atoms. The van der Waals surface area contributed by atoms with Crippen LogP contribution in [-0.4, -0.2) is 11.3 Å². The summed E-state index contributed by atoms with van der Waals surface area (Å²) in [6.45, 7) is 3.67. The molecule has 2 rings (SSSR count). The predicted octanol–water partition coefficient (Wildman–Crippen LogP) is 3.06. The SMILES string of the molecule is CCC(Cl)C(=O)Nc1ccc2c(C)cc(=O)oc2c1. The van der Waals surface area contributed by atoms with E-state index in [2.05, 4.69) is 5.32 Å². The van der Waals surface area contributed by atoms with Gasteiger partial charge in [0.1, 0.15) is 11.0 Å². The lowest BCUT2D eigenvalue weighted by molar-refractivity contribution is -0.115. The molecule has 5 heteroatoms. The lowest BCUT2D eigenvalue weighted by Crippen LogP contribution is -2.22. The molecule has 100 valence electrons. The van der Waals surface area contributed by atoms with Crippen LogP contribution in [0.1, 0.15) is 18.9 Å². The number of alkyl halides is 1. The molecule has 1 heterocycles. The number of hydrogen-bond donors (Lipinski definition) is 1. The van der Waals surface area contributed by atoms with Crippen LogP contribution in [0.3, 0.4) is 0 Å². The predicted molar refractivity (Wildman–Crippen MR) is 75.8 cm³/mol. The zero-order valence-electron chi connectivity index (χ0n) is 10.7. The smallest absolute Gasteiger partial charge is 0.336 e. The molecular formula is C14H14ClNO3. The lowest BCUT2D eigenvalue weighted by Gasteiger charge is -2.09. The number of halogens is 1. The van der Waals surface area contributed by atoms with E-state index in [0.29, 0.717) is 17.7 Å². The average Bonchev–Trinajstić information content (AvgIpc) is 2.36. The van der Waals surface area contributed by atoms with Crippen LogP contribution < -0.4 is 10.9 Å². The first-order chi connectivity index (χ1) is 9.01. The molecule has 0 radical (unpaired) electrons. The number of nitrogens with one attached hydrogen (secondary N) is 1. The van der Waals surface area contributed by atoms with Gasteiger partial charge in [-0.25, -0.2) is 4.79 Å². The zero-order chi connectivity index (χ0) is 14.0. The summed E-state index contributed by atoms with van der Waals surface area (Å²) < 4.78 is 5.11. The molecule has 0 aliphatic carbocycles. The quantitative estimate of drug-likeness (QED) is 0.694. The highest BCUT2D eigenvalue weighted by molar-refractivity contribution is 6.32. The van der Waals surface area contributed by atoms with Crippen molar-refractivity contribution in [2.75, 3.05) is 5.32 Å². The molecule has 2 aromatic rings. The third-order valence-electron chi connectivity index (χ3n) is 2.86. The van der Waals surface area contributed by atoms with Crippen molar-refractivity contribution in [3.05, 3.63) is 40.2 Å². The topological polar surface area (TPSA) is 59.3 Å². The Labute approximate surface area is 115 Å². The molecule has 0 spiro atoms. The minimum atomic E-state index is -0.569. The second-order valence-electron chi connectivity index (χ2n) is 4.32. The number of carbonyl (C=O) groups is 1. The van der Waals surface area contributed by atoms with Crippen LogP contribution in [0, 0.1) is 6.92 Å². The monoisotopic (exact) mass is 279 g/mol. The number of hydrogen-bond acceptors (Lipinski definition) is 3. The van der Waals surface area contributed by atoms with E-state index in [1.54, 1.807) is 18.2 Å². The summed E-state index contributed by atoms with van der Waals surface area (Å²) in [5.74, 6) is -0.265. The van der Waals surface area contributed by atoms with Crippen LogP contribution >= 0.6 is 11.6 Å². The van der Waals surface area contributed by atoms with Crippen LogP contribution in [0.25, 0.3) is 11.0 Å². The lowest BCUT2D eigenvalue weighted by atomic mass is 10.1. The van der Waals surface area contributed by atoms with E-state index >= 15 is 0 Å². The van der Waals surface area contributed by atoms with Gasteiger partial charge in [0.25, 0.3) is 0 Å². The molecule has 19 heavy (non-hydrogen) atoms. The summed E-state index contributed by atoms with van der Waals surface area (Å²) in [7, 11) is 0. The van der Waals surface area contributed by atoms with E-state index in [0.717, 1.165) is 10.9 Å². The maximum absolute atomic E-state index is 11.7. The minimum Gasteiger partial charge on any atom is -0.423 e. The van der Waals surface area contributed by atoms with Gasteiger partial charge in [-0.1, -0.05) is 6.92 Å². The van der Waals surface area contributed by atoms with Crippen molar-refractivity contribution < 1.29 is 9.21 Å². The summed E-state index contributed by atoms with van der Waals surface area (Å²) >= 11 is 5.85. The van der Waals surface area contributed by atoms with Gasteiger partial charge in [0.15, 0.2) is 0 Å². The number of carbonyl (C=O) groups excluding carboxylic acids is 1. The van der Waals surface area contributed by atoms with Crippen LogP contribution in [0.2, 0.25) is 0 Å². The van der Waals surface area contributed by atoms with E-state index in [1.807, 2.05) is 13.8 Å². The summed E-state index contributed by atoms with van der Waals surface area (Å²) in [5.41, 5.74) is 1.45. The van der Waals surface area contributed by atoms with Gasteiger partial charge < -0.3 is 9.73 Å². The van der Waals surface area contributed by atoms with Gasteiger partial charge in [-0.05, 0) is 31.0 Å². The van der Waals surface area contributed by atoms with Crippen molar-refractivity contribution in [1.29, 1.82) is 0 Å². The van der Waals surface area contributed by atoms with Crippen molar-refractivity contribution in [3.63, 3.8) is 0 Å². The number of fused-ring (bicyclic) bond motifs is 1. The fraction of sp³-hybridized carbons (Fsp3) is 0.286. The average molecular weight is 280 g/mol. The molecule has 1 aromatic carbocycles. The summed E-state index contributed by atoms with van der Waals surface area (Å²) in [4.78, 5) is 23.0. The van der Waals surface area contributed by atoms with Gasteiger partial charge in [0, 0.05) is 23.2 Å². The minimum absolute atomic E-state index is 0.265. The second kappa shape index (κ2) is 5.45. The van der Waals surface area contributed by atoms with Crippen molar-refractivity contribution >= 4 is 34.2 Å². The highest BCUT2D eigenvalue weighted by Crippen LogP contribution is 2.21. The molecule has 1 N–H and O–H groups in total. The molecule has 4 nitrogen and oxygen atoms in total. The van der Waals surface area contributed by atoms with Crippen LogP contribution in [0.5, 0.6) is 0 Å². The second-order valence-corrected chi connectivity index (χ2v) is 4.85.